The van der Waals surface area contributed by atoms with Crippen LogP contribution >= 0.6 is 0 Å². The fourth-order valence-electron chi connectivity index (χ4n) is 3.81. The van der Waals surface area contributed by atoms with Gasteiger partial charge in [0.05, 0.1) is 11.5 Å². The Morgan fingerprint density at radius 3 is 2.27 bits per heavy atom. The SMILES string of the molecule is O=C(O)c1cc(CNCC(c2ccc(F)cc2)c2ncc[nH]2)ccc1Cc1ccc(F)cc1. The maximum atomic E-state index is 13.4. The van der Waals surface area contributed by atoms with Crippen molar-refractivity contribution in [3.8, 4) is 0 Å². The second-order valence-electron chi connectivity index (χ2n) is 7.81. The van der Waals surface area contributed by atoms with Crippen LogP contribution in [0.1, 0.15) is 44.4 Å². The summed E-state index contributed by atoms with van der Waals surface area (Å²) in [5.74, 6) is -0.986. The minimum absolute atomic E-state index is 0.114. The summed E-state index contributed by atoms with van der Waals surface area (Å²) in [6.07, 6.45) is 3.82. The van der Waals surface area contributed by atoms with E-state index in [2.05, 4.69) is 15.3 Å². The van der Waals surface area contributed by atoms with E-state index in [9.17, 15) is 18.7 Å². The van der Waals surface area contributed by atoms with Gasteiger partial charge in [0.15, 0.2) is 0 Å². The molecule has 0 aliphatic heterocycles. The average Bonchev–Trinajstić information content (AvgIpc) is 3.34. The zero-order valence-electron chi connectivity index (χ0n) is 17.8. The highest BCUT2D eigenvalue weighted by Crippen LogP contribution is 2.22. The lowest BCUT2D eigenvalue weighted by Crippen LogP contribution is -2.23. The van der Waals surface area contributed by atoms with Crippen LogP contribution in [0, 0.1) is 11.6 Å². The Morgan fingerprint density at radius 2 is 1.64 bits per heavy atom. The molecule has 0 bridgehead atoms. The summed E-state index contributed by atoms with van der Waals surface area (Å²) in [7, 11) is 0. The minimum Gasteiger partial charge on any atom is -0.478 e. The van der Waals surface area contributed by atoms with E-state index < -0.39 is 5.97 Å². The summed E-state index contributed by atoms with van der Waals surface area (Å²) in [5, 5.41) is 13.1. The van der Waals surface area contributed by atoms with Crippen LogP contribution in [-0.2, 0) is 13.0 Å². The molecule has 5 nitrogen and oxygen atoms in total. The predicted octanol–water partition coefficient (Wildman–Crippen LogP) is 4.90. The quantitative estimate of drug-likeness (QED) is 0.341. The van der Waals surface area contributed by atoms with Crippen molar-refractivity contribution in [2.75, 3.05) is 6.54 Å². The topological polar surface area (TPSA) is 78.0 Å². The third kappa shape index (κ3) is 5.70. The number of carbonyl (C=O) groups is 1. The Bertz CT molecular complexity index is 1210. The van der Waals surface area contributed by atoms with Crippen molar-refractivity contribution in [2.45, 2.75) is 18.9 Å². The van der Waals surface area contributed by atoms with Crippen molar-refractivity contribution in [1.29, 1.82) is 0 Å². The number of imidazole rings is 1. The van der Waals surface area contributed by atoms with Gasteiger partial charge in [-0.3, -0.25) is 0 Å². The molecular formula is C26H23F2N3O2. The van der Waals surface area contributed by atoms with Crippen LogP contribution in [0.25, 0.3) is 0 Å². The fourth-order valence-corrected chi connectivity index (χ4v) is 3.81. The first-order valence-corrected chi connectivity index (χ1v) is 10.5. The number of nitrogens with one attached hydrogen (secondary N) is 2. The Labute approximate surface area is 190 Å². The Kier molecular flexibility index (Phi) is 6.90. The normalized spacial score (nSPS) is 11.9. The van der Waals surface area contributed by atoms with Crippen molar-refractivity contribution in [3.63, 3.8) is 0 Å². The van der Waals surface area contributed by atoms with Gasteiger partial charge in [0, 0.05) is 25.5 Å². The highest BCUT2D eigenvalue weighted by atomic mass is 19.1. The van der Waals surface area contributed by atoms with Gasteiger partial charge in [0.2, 0.25) is 0 Å². The lowest BCUT2D eigenvalue weighted by Gasteiger charge is -2.17. The van der Waals surface area contributed by atoms with Gasteiger partial charge in [-0.15, -0.1) is 0 Å². The predicted molar refractivity (Wildman–Crippen MR) is 121 cm³/mol. The summed E-state index contributed by atoms with van der Waals surface area (Å²) in [6, 6.07) is 17.7. The summed E-state index contributed by atoms with van der Waals surface area (Å²) >= 11 is 0. The number of aromatic carboxylic acids is 1. The first-order valence-electron chi connectivity index (χ1n) is 10.5. The number of carboxylic acid groups (broad SMARTS) is 1. The molecule has 1 heterocycles. The van der Waals surface area contributed by atoms with E-state index in [0.29, 0.717) is 25.1 Å². The molecule has 0 saturated heterocycles. The highest BCUT2D eigenvalue weighted by Gasteiger charge is 2.17. The number of benzene rings is 3. The lowest BCUT2D eigenvalue weighted by molar-refractivity contribution is 0.0695. The molecule has 0 saturated carbocycles. The van der Waals surface area contributed by atoms with Gasteiger partial charge in [-0.2, -0.15) is 0 Å². The number of H-pyrrole nitrogens is 1. The molecule has 1 aromatic heterocycles. The first kappa shape index (κ1) is 22.4. The van der Waals surface area contributed by atoms with Gasteiger partial charge in [0.1, 0.15) is 17.5 Å². The van der Waals surface area contributed by atoms with Crippen LogP contribution in [0.4, 0.5) is 8.78 Å². The van der Waals surface area contributed by atoms with Crippen LogP contribution in [0.15, 0.2) is 79.1 Å². The molecular weight excluding hydrogens is 424 g/mol. The molecule has 0 aliphatic carbocycles. The lowest BCUT2D eigenvalue weighted by atomic mass is 9.96. The molecule has 168 valence electrons. The second-order valence-corrected chi connectivity index (χ2v) is 7.81. The van der Waals surface area contributed by atoms with Crippen molar-refractivity contribution in [2.24, 2.45) is 0 Å². The van der Waals surface area contributed by atoms with Gasteiger partial charge in [-0.25, -0.2) is 18.6 Å². The maximum Gasteiger partial charge on any atom is 0.335 e. The Balaban J connectivity index is 1.46. The number of nitrogens with zero attached hydrogens (tertiary/aromatic N) is 1. The Hall–Kier alpha value is -3.84. The summed E-state index contributed by atoms with van der Waals surface area (Å²) in [4.78, 5) is 19.3. The molecule has 0 radical (unpaired) electrons. The molecule has 0 aliphatic rings. The summed E-state index contributed by atoms with van der Waals surface area (Å²) < 4.78 is 26.5. The summed E-state index contributed by atoms with van der Waals surface area (Å²) in [6.45, 7) is 0.981. The number of carboxylic acids is 1. The smallest absolute Gasteiger partial charge is 0.335 e. The first-order chi connectivity index (χ1) is 16.0. The standard InChI is InChI=1S/C26H23F2N3O2/c27-21-7-2-17(3-8-21)13-20-4-1-18(14-23(20)26(32)33)15-29-16-24(25-30-11-12-31-25)19-5-9-22(28)10-6-19/h1-12,14,24,29H,13,15-16H2,(H,30,31)(H,32,33). The number of aromatic nitrogens is 2. The largest absolute Gasteiger partial charge is 0.478 e. The van der Waals surface area contributed by atoms with Gasteiger partial charge in [0.25, 0.3) is 0 Å². The van der Waals surface area contributed by atoms with Crippen LogP contribution in [0.5, 0.6) is 0 Å². The van der Waals surface area contributed by atoms with Crippen molar-refractivity contribution in [3.05, 3.63) is 124 Å². The van der Waals surface area contributed by atoms with Crippen molar-refractivity contribution in [1.82, 2.24) is 15.3 Å². The van der Waals surface area contributed by atoms with Gasteiger partial charge >= 0.3 is 5.97 Å². The van der Waals surface area contributed by atoms with Gasteiger partial charge in [-0.1, -0.05) is 36.4 Å². The van der Waals surface area contributed by atoms with Crippen LogP contribution in [0.2, 0.25) is 0 Å². The number of hydrogen-bond acceptors (Lipinski definition) is 3. The van der Waals surface area contributed by atoms with E-state index >= 15 is 0 Å². The molecule has 0 amide bonds. The van der Waals surface area contributed by atoms with Crippen LogP contribution in [0.3, 0.4) is 0 Å². The van der Waals surface area contributed by atoms with E-state index in [1.165, 1.54) is 24.3 Å². The highest BCUT2D eigenvalue weighted by molar-refractivity contribution is 5.89. The van der Waals surface area contributed by atoms with Crippen LogP contribution < -0.4 is 5.32 Å². The molecule has 3 N–H and O–H groups in total. The van der Waals surface area contributed by atoms with Crippen LogP contribution in [-0.4, -0.2) is 27.6 Å². The maximum absolute atomic E-state index is 13.4. The zero-order valence-corrected chi connectivity index (χ0v) is 17.8. The molecule has 0 spiro atoms. The summed E-state index contributed by atoms with van der Waals surface area (Å²) in [5.41, 5.74) is 3.47. The van der Waals surface area contributed by atoms with Gasteiger partial charge in [-0.05, 0) is 59.0 Å². The molecule has 4 rings (SSSR count). The van der Waals surface area contributed by atoms with Crippen molar-refractivity contribution < 1.29 is 18.7 Å². The fraction of sp³-hybridized carbons (Fsp3) is 0.154. The van der Waals surface area contributed by atoms with E-state index in [1.807, 2.05) is 6.07 Å². The van der Waals surface area contributed by atoms with E-state index in [-0.39, 0.29) is 23.1 Å². The number of aromatic amines is 1. The average molecular weight is 447 g/mol. The number of halogens is 2. The number of rotatable bonds is 9. The molecule has 1 unspecified atom stereocenters. The molecule has 33 heavy (non-hydrogen) atoms. The van der Waals surface area contributed by atoms with E-state index in [1.54, 1.807) is 48.8 Å². The molecule has 0 fully saturated rings. The van der Waals surface area contributed by atoms with E-state index in [0.717, 1.165) is 22.5 Å². The molecule has 4 aromatic rings. The van der Waals surface area contributed by atoms with Gasteiger partial charge < -0.3 is 15.4 Å². The monoisotopic (exact) mass is 447 g/mol. The van der Waals surface area contributed by atoms with Crippen molar-refractivity contribution >= 4 is 5.97 Å². The second kappa shape index (κ2) is 10.2. The number of hydrogen-bond donors (Lipinski definition) is 3. The third-order valence-electron chi connectivity index (χ3n) is 5.51. The molecule has 3 aromatic carbocycles. The minimum atomic E-state index is -1.01. The molecule has 7 heteroatoms. The zero-order chi connectivity index (χ0) is 23.2. The third-order valence-corrected chi connectivity index (χ3v) is 5.51. The van der Waals surface area contributed by atoms with E-state index in [4.69, 9.17) is 0 Å². The molecule has 1 atom stereocenters. The Morgan fingerprint density at radius 1 is 0.970 bits per heavy atom.